The fourth-order valence-electron chi connectivity index (χ4n) is 3.84. The van der Waals surface area contributed by atoms with Gasteiger partial charge in [0, 0.05) is 11.1 Å². The lowest BCUT2D eigenvalue weighted by molar-refractivity contribution is -0.269. The third kappa shape index (κ3) is 3.78. The standard InChI is InChI=1S/C23H23F3N4O2/c1-3-22(32,23(24,25)26)21-14-29(28-27-21)13-16-9-10-19-17(11-16)12-20(15(2)31)30(19)18-7-5-4-6-8-18/h4-12,14-15,31-32H,3,13H2,1-2H3. The van der Waals surface area contributed by atoms with Crippen LogP contribution in [0, 0.1) is 0 Å². The molecule has 168 valence electrons. The molecular weight excluding hydrogens is 421 g/mol. The fourth-order valence-corrected chi connectivity index (χ4v) is 3.84. The number of alkyl halides is 3. The lowest BCUT2D eigenvalue weighted by Gasteiger charge is -2.26. The molecule has 6 nitrogen and oxygen atoms in total. The number of halogens is 3. The van der Waals surface area contributed by atoms with E-state index in [1.807, 2.05) is 59.2 Å². The molecule has 0 spiro atoms. The molecular formula is C23H23F3N4O2. The van der Waals surface area contributed by atoms with Gasteiger partial charge in [-0.2, -0.15) is 13.2 Å². The van der Waals surface area contributed by atoms with E-state index in [1.165, 1.54) is 11.6 Å². The van der Waals surface area contributed by atoms with Crippen LogP contribution in [0.2, 0.25) is 0 Å². The maximum absolute atomic E-state index is 13.3. The molecule has 0 aliphatic rings. The average molecular weight is 444 g/mol. The highest BCUT2D eigenvalue weighted by molar-refractivity contribution is 5.84. The molecule has 0 aliphatic carbocycles. The van der Waals surface area contributed by atoms with Gasteiger partial charge in [-0.15, -0.1) is 5.10 Å². The number of nitrogens with zero attached hydrogens (tertiary/aromatic N) is 4. The van der Waals surface area contributed by atoms with Crippen molar-refractivity contribution in [2.75, 3.05) is 0 Å². The molecule has 0 amide bonds. The normalized spacial score (nSPS) is 15.1. The van der Waals surface area contributed by atoms with Gasteiger partial charge in [0.1, 0.15) is 5.69 Å². The van der Waals surface area contributed by atoms with Crippen LogP contribution in [0.4, 0.5) is 13.2 Å². The highest BCUT2D eigenvalue weighted by atomic mass is 19.4. The molecule has 2 heterocycles. The zero-order valence-corrected chi connectivity index (χ0v) is 17.6. The van der Waals surface area contributed by atoms with Crippen molar-refractivity contribution in [1.29, 1.82) is 0 Å². The minimum absolute atomic E-state index is 0.182. The maximum Gasteiger partial charge on any atom is 0.423 e. The Morgan fingerprint density at radius 2 is 1.78 bits per heavy atom. The Morgan fingerprint density at radius 3 is 2.41 bits per heavy atom. The predicted molar refractivity (Wildman–Crippen MR) is 113 cm³/mol. The number of rotatable bonds is 6. The summed E-state index contributed by atoms with van der Waals surface area (Å²) in [4.78, 5) is 0. The van der Waals surface area contributed by atoms with Crippen LogP contribution < -0.4 is 0 Å². The molecule has 0 fully saturated rings. The minimum atomic E-state index is -4.85. The second-order valence-electron chi connectivity index (χ2n) is 7.82. The van der Waals surface area contributed by atoms with E-state index >= 15 is 0 Å². The van der Waals surface area contributed by atoms with Gasteiger partial charge in [0.2, 0.25) is 5.60 Å². The highest BCUT2D eigenvalue weighted by Gasteiger charge is 2.55. The van der Waals surface area contributed by atoms with Crippen LogP contribution in [0.5, 0.6) is 0 Å². The maximum atomic E-state index is 13.3. The van der Waals surface area contributed by atoms with E-state index in [4.69, 9.17) is 0 Å². The monoisotopic (exact) mass is 444 g/mol. The number of para-hydroxylation sites is 1. The van der Waals surface area contributed by atoms with Crippen molar-refractivity contribution in [2.45, 2.75) is 44.7 Å². The molecule has 2 N–H and O–H groups in total. The van der Waals surface area contributed by atoms with Crippen molar-refractivity contribution in [2.24, 2.45) is 0 Å². The van der Waals surface area contributed by atoms with E-state index in [2.05, 4.69) is 10.3 Å². The number of hydrogen-bond donors (Lipinski definition) is 2. The van der Waals surface area contributed by atoms with E-state index in [0.29, 0.717) is 0 Å². The Labute approximate surface area is 182 Å². The first-order chi connectivity index (χ1) is 15.1. The van der Waals surface area contributed by atoms with E-state index in [0.717, 1.165) is 34.0 Å². The van der Waals surface area contributed by atoms with Crippen molar-refractivity contribution in [3.8, 4) is 5.69 Å². The summed E-state index contributed by atoms with van der Waals surface area (Å²) in [6, 6.07) is 17.2. The van der Waals surface area contributed by atoms with Gasteiger partial charge in [-0.1, -0.05) is 36.4 Å². The van der Waals surface area contributed by atoms with E-state index in [1.54, 1.807) is 6.92 Å². The molecule has 2 aromatic heterocycles. The second-order valence-corrected chi connectivity index (χ2v) is 7.82. The highest BCUT2D eigenvalue weighted by Crippen LogP contribution is 2.40. The summed E-state index contributed by atoms with van der Waals surface area (Å²) in [5.74, 6) is 0. The summed E-state index contributed by atoms with van der Waals surface area (Å²) in [6.07, 6.45) is -4.98. The molecule has 2 unspecified atom stereocenters. The first-order valence-corrected chi connectivity index (χ1v) is 10.2. The molecule has 0 saturated carbocycles. The smallest absolute Gasteiger partial charge is 0.387 e. The third-order valence-corrected chi connectivity index (χ3v) is 5.62. The Kier molecular flexibility index (Phi) is 5.56. The molecule has 0 saturated heterocycles. The van der Waals surface area contributed by atoms with Crippen LogP contribution in [-0.2, 0) is 12.1 Å². The summed E-state index contributed by atoms with van der Waals surface area (Å²) in [5, 5.41) is 28.6. The van der Waals surface area contributed by atoms with E-state index in [-0.39, 0.29) is 6.54 Å². The van der Waals surface area contributed by atoms with Gasteiger partial charge < -0.3 is 14.8 Å². The van der Waals surface area contributed by atoms with Crippen molar-refractivity contribution < 1.29 is 23.4 Å². The molecule has 0 aliphatic heterocycles. The fraction of sp³-hybridized carbons (Fsp3) is 0.304. The summed E-state index contributed by atoms with van der Waals surface area (Å²) < 4.78 is 43.1. The zero-order valence-electron chi connectivity index (χ0n) is 17.6. The third-order valence-electron chi connectivity index (χ3n) is 5.62. The number of fused-ring (bicyclic) bond motifs is 1. The van der Waals surface area contributed by atoms with Crippen molar-refractivity contribution in [3.63, 3.8) is 0 Å². The summed E-state index contributed by atoms with van der Waals surface area (Å²) in [5.41, 5.74) is -0.229. The molecule has 2 atom stereocenters. The Balaban J connectivity index is 1.69. The van der Waals surface area contributed by atoms with Gasteiger partial charge in [-0.25, -0.2) is 4.68 Å². The van der Waals surface area contributed by atoms with Crippen LogP contribution in [-0.4, -0.2) is 36.0 Å². The molecule has 4 aromatic rings. The summed E-state index contributed by atoms with van der Waals surface area (Å²) in [7, 11) is 0. The Bertz CT molecular complexity index is 1230. The van der Waals surface area contributed by atoms with Crippen LogP contribution in [0.15, 0.2) is 60.8 Å². The van der Waals surface area contributed by atoms with Gasteiger partial charge in [-0.3, -0.25) is 0 Å². The molecule has 2 aromatic carbocycles. The molecule has 0 radical (unpaired) electrons. The number of aromatic nitrogens is 4. The van der Waals surface area contributed by atoms with Crippen LogP contribution in [0.1, 0.15) is 43.3 Å². The quantitative estimate of drug-likeness (QED) is 0.460. The van der Waals surface area contributed by atoms with Gasteiger partial charge >= 0.3 is 6.18 Å². The Hall–Kier alpha value is -3.17. The van der Waals surface area contributed by atoms with Crippen LogP contribution >= 0.6 is 0 Å². The molecule has 32 heavy (non-hydrogen) atoms. The van der Waals surface area contributed by atoms with Crippen LogP contribution in [0.3, 0.4) is 0 Å². The Morgan fingerprint density at radius 1 is 1.06 bits per heavy atom. The molecule has 4 rings (SSSR count). The van der Waals surface area contributed by atoms with E-state index < -0.39 is 30.0 Å². The van der Waals surface area contributed by atoms with Crippen molar-refractivity contribution in [1.82, 2.24) is 19.6 Å². The number of benzene rings is 2. The lowest BCUT2D eigenvalue weighted by Crippen LogP contribution is -2.42. The largest absolute Gasteiger partial charge is 0.423 e. The average Bonchev–Trinajstić information content (AvgIpc) is 3.37. The SMILES string of the molecule is CCC(O)(c1cn(Cc2ccc3c(c2)cc(C(C)O)n3-c2ccccc2)nn1)C(F)(F)F. The zero-order chi connectivity index (χ0) is 23.1. The number of aliphatic hydroxyl groups is 2. The number of aliphatic hydroxyl groups excluding tert-OH is 1. The van der Waals surface area contributed by atoms with Crippen LogP contribution in [0.25, 0.3) is 16.6 Å². The van der Waals surface area contributed by atoms with Gasteiger partial charge in [0.05, 0.1) is 30.1 Å². The summed E-state index contributed by atoms with van der Waals surface area (Å²) >= 11 is 0. The first kappa shape index (κ1) is 22.0. The topological polar surface area (TPSA) is 76.1 Å². The molecule has 0 bridgehead atoms. The van der Waals surface area contributed by atoms with Crippen molar-refractivity contribution >= 4 is 10.9 Å². The number of hydrogen-bond acceptors (Lipinski definition) is 4. The van der Waals surface area contributed by atoms with Crippen molar-refractivity contribution in [3.05, 3.63) is 77.7 Å². The summed E-state index contributed by atoms with van der Waals surface area (Å²) in [6.45, 7) is 3.12. The minimum Gasteiger partial charge on any atom is -0.387 e. The van der Waals surface area contributed by atoms with Gasteiger partial charge in [0.15, 0.2) is 0 Å². The lowest BCUT2D eigenvalue weighted by atomic mass is 9.96. The second kappa shape index (κ2) is 8.07. The van der Waals surface area contributed by atoms with Gasteiger partial charge in [0.25, 0.3) is 0 Å². The predicted octanol–water partition coefficient (Wildman–Crippen LogP) is 4.48. The van der Waals surface area contributed by atoms with E-state index in [9.17, 15) is 23.4 Å². The molecule has 9 heteroatoms. The first-order valence-electron chi connectivity index (χ1n) is 10.2. The van der Waals surface area contributed by atoms with Gasteiger partial charge in [-0.05, 0) is 49.2 Å².